The lowest BCUT2D eigenvalue weighted by atomic mass is 9.95. The summed E-state index contributed by atoms with van der Waals surface area (Å²) >= 11 is 0. The van der Waals surface area contributed by atoms with E-state index in [4.69, 9.17) is 0 Å². The van der Waals surface area contributed by atoms with Crippen LogP contribution < -0.4 is 10.6 Å². The average molecular weight is 257 g/mol. The quantitative estimate of drug-likeness (QED) is 0.814. The number of hydrogen-bond donors (Lipinski definition) is 2. The van der Waals surface area contributed by atoms with Crippen LogP contribution in [0.1, 0.15) is 29.8 Å². The van der Waals surface area contributed by atoms with Crippen LogP contribution >= 0.6 is 0 Å². The Labute approximate surface area is 110 Å². The zero-order chi connectivity index (χ0) is 12.8. The molecular formula is C13H15N5O. The standard InChI is InChI=1S/C13H15N5O/c19-13(17-10-5-8-1-2-9(10)16-8)11-6-12-14-3-4-18(12)7-15-11/h3-4,6-10,16H,1-2,5H2,(H,17,19). The van der Waals surface area contributed by atoms with Gasteiger partial charge in [0.15, 0.2) is 0 Å². The maximum atomic E-state index is 12.2. The van der Waals surface area contributed by atoms with E-state index in [-0.39, 0.29) is 11.9 Å². The van der Waals surface area contributed by atoms with E-state index in [2.05, 4.69) is 20.6 Å². The molecule has 2 N–H and O–H groups in total. The van der Waals surface area contributed by atoms with Gasteiger partial charge in [-0.2, -0.15) is 0 Å². The lowest BCUT2D eigenvalue weighted by Gasteiger charge is -2.21. The van der Waals surface area contributed by atoms with Gasteiger partial charge in [-0.15, -0.1) is 0 Å². The van der Waals surface area contributed by atoms with Gasteiger partial charge >= 0.3 is 0 Å². The van der Waals surface area contributed by atoms with Gasteiger partial charge in [-0.05, 0) is 19.3 Å². The lowest BCUT2D eigenvalue weighted by Crippen LogP contribution is -2.43. The number of aromatic nitrogens is 3. The summed E-state index contributed by atoms with van der Waals surface area (Å²) in [4.78, 5) is 20.5. The number of hydrogen-bond acceptors (Lipinski definition) is 4. The van der Waals surface area contributed by atoms with Crippen molar-refractivity contribution in [3.8, 4) is 0 Å². The predicted octanol–water partition coefficient (Wildman–Crippen LogP) is 0.352. The molecular weight excluding hydrogens is 242 g/mol. The van der Waals surface area contributed by atoms with Crippen molar-refractivity contribution in [1.82, 2.24) is 25.0 Å². The number of nitrogens with one attached hydrogen (secondary N) is 2. The number of rotatable bonds is 2. The molecule has 2 bridgehead atoms. The molecule has 4 heterocycles. The number of fused-ring (bicyclic) bond motifs is 3. The molecule has 6 heteroatoms. The van der Waals surface area contributed by atoms with Crippen LogP contribution in [0.4, 0.5) is 0 Å². The van der Waals surface area contributed by atoms with Crippen molar-refractivity contribution >= 4 is 11.6 Å². The Morgan fingerprint density at radius 3 is 3.16 bits per heavy atom. The van der Waals surface area contributed by atoms with Crippen molar-refractivity contribution in [1.29, 1.82) is 0 Å². The second-order valence-electron chi connectivity index (χ2n) is 5.33. The van der Waals surface area contributed by atoms with E-state index in [1.807, 2.05) is 6.20 Å². The van der Waals surface area contributed by atoms with E-state index in [1.54, 1.807) is 23.0 Å². The van der Waals surface area contributed by atoms with Crippen molar-refractivity contribution in [2.24, 2.45) is 0 Å². The molecule has 3 unspecified atom stereocenters. The van der Waals surface area contributed by atoms with Gasteiger partial charge in [0.05, 0.1) is 0 Å². The number of carbonyl (C=O) groups excluding carboxylic acids is 1. The van der Waals surface area contributed by atoms with Crippen LogP contribution in [0.25, 0.3) is 5.65 Å². The van der Waals surface area contributed by atoms with Crippen LogP contribution in [-0.4, -0.2) is 38.4 Å². The van der Waals surface area contributed by atoms with Crippen molar-refractivity contribution in [3.63, 3.8) is 0 Å². The normalized spacial score (nSPS) is 28.9. The SMILES string of the molecule is O=C(NC1CC2CCC1N2)c1cc2nccn2cn1. The van der Waals surface area contributed by atoms with E-state index in [0.717, 1.165) is 18.5 Å². The Morgan fingerprint density at radius 1 is 1.42 bits per heavy atom. The topological polar surface area (TPSA) is 71.3 Å². The van der Waals surface area contributed by atoms with Crippen LogP contribution in [0.5, 0.6) is 0 Å². The van der Waals surface area contributed by atoms with Crippen LogP contribution in [0.2, 0.25) is 0 Å². The van der Waals surface area contributed by atoms with Crippen molar-refractivity contribution in [2.75, 3.05) is 0 Å². The summed E-state index contributed by atoms with van der Waals surface area (Å²) in [6, 6.07) is 2.97. The minimum Gasteiger partial charge on any atom is -0.346 e. The summed E-state index contributed by atoms with van der Waals surface area (Å²) in [5, 5.41) is 6.59. The second-order valence-corrected chi connectivity index (χ2v) is 5.33. The number of imidazole rings is 1. The first kappa shape index (κ1) is 10.9. The first-order valence-electron chi connectivity index (χ1n) is 6.65. The monoisotopic (exact) mass is 257 g/mol. The van der Waals surface area contributed by atoms with Gasteiger partial charge in [-0.25, -0.2) is 9.97 Å². The third kappa shape index (κ3) is 1.79. The van der Waals surface area contributed by atoms with E-state index in [0.29, 0.717) is 17.8 Å². The van der Waals surface area contributed by atoms with E-state index >= 15 is 0 Å². The van der Waals surface area contributed by atoms with E-state index < -0.39 is 0 Å². The Morgan fingerprint density at radius 2 is 2.37 bits per heavy atom. The predicted molar refractivity (Wildman–Crippen MR) is 68.8 cm³/mol. The maximum Gasteiger partial charge on any atom is 0.270 e. The molecule has 98 valence electrons. The molecule has 2 aliphatic rings. The van der Waals surface area contributed by atoms with Gasteiger partial charge in [0.2, 0.25) is 0 Å². The Kier molecular flexibility index (Phi) is 2.32. The fourth-order valence-electron chi connectivity index (χ4n) is 3.17. The van der Waals surface area contributed by atoms with Crippen molar-refractivity contribution < 1.29 is 4.79 Å². The van der Waals surface area contributed by atoms with Crippen molar-refractivity contribution in [3.05, 3.63) is 30.5 Å². The van der Waals surface area contributed by atoms with Crippen LogP contribution in [0, 0.1) is 0 Å². The number of carbonyl (C=O) groups is 1. The average Bonchev–Trinajstić information content (AvgIpc) is 3.13. The summed E-state index contributed by atoms with van der Waals surface area (Å²) < 4.78 is 1.79. The summed E-state index contributed by atoms with van der Waals surface area (Å²) in [6.45, 7) is 0. The molecule has 0 radical (unpaired) electrons. The van der Waals surface area contributed by atoms with Gasteiger partial charge in [-0.1, -0.05) is 0 Å². The first-order valence-corrected chi connectivity index (χ1v) is 6.65. The minimum absolute atomic E-state index is 0.107. The Bertz CT molecular complexity index is 637. The molecule has 2 saturated heterocycles. The van der Waals surface area contributed by atoms with Crippen LogP contribution in [0.15, 0.2) is 24.8 Å². The third-order valence-electron chi connectivity index (χ3n) is 4.13. The highest BCUT2D eigenvalue weighted by atomic mass is 16.2. The molecule has 0 saturated carbocycles. The highest BCUT2D eigenvalue weighted by Crippen LogP contribution is 2.28. The van der Waals surface area contributed by atoms with Crippen LogP contribution in [0.3, 0.4) is 0 Å². The van der Waals surface area contributed by atoms with E-state index in [9.17, 15) is 4.79 Å². The van der Waals surface area contributed by atoms with Gasteiger partial charge in [0.1, 0.15) is 17.7 Å². The fraction of sp³-hybridized carbons (Fsp3) is 0.462. The first-order chi connectivity index (χ1) is 9.29. The van der Waals surface area contributed by atoms with Gasteiger partial charge in [0, 0.05) is 36.6 Å². The molecule has 19 heavy (non-hydrogen) atoms. The summed E-state index contributed by atoms with van der Waals surface area (Å²) in [5.74, 6) is -0.107. The number of amides is 1. The largest absolute Gasteiger partial charge is 0.346 e. The van der Waals surface area contributed by atoms with E-state index in [1.165, 1.54) is 6.42 Å². The smallest absolute Gasteiger partial charge is 0.270 e. The summed E-state index contributed by atoms with van der Waals surface area (Å²) in [6.07, 6.45) is 8.54. The third-order valence-corrected chi connectivity index (χ3v) is 4.13. The zero-order valence-corrected chi connectivity index (χ0v) is 10.4. The molecule has 2 aromatic rings. The second kappa shape index (κ2) is 4.03. The molecule has 0 aliphatic carbocycles. The highest BCUT2D eigenvalue weighted by Gasteiger charge is 2.39. The molecule has 1 amide bonds. The van der Waals surface area contributed by atoms with Crippen LogP contribution in [-0.2, 0) is 0 Å². The van der Waals surface area contributed by atoms with Gasteiger partial charge in [-0.3, -0.25) is 9.20 Å². The zero-order valence-electron chi connectivity index (χ0n) is 10.4. The molecule has 2 fully saturated rings. The molecule has 0 spiro atoms. The summed E-state index contributed by atoms with van der Waals surface area (Å²) in [7, 11) is 0. The van der Waals surface area contributed by atoms with Gasteiger partial charge in [0.25, 0.3) is 5.91 Å². The maximum absolute atomic E-state index is 12.2. The minimum atomic E-state index is -0.107. The molecule has 2 aliphatic heterocycles. The Hall–Kier alpha value is -1.95. The number of nitrogens with zero attached hydrogens (tertiary/aromatic N) is 3. The summed E-state index contributed by atoms with van der Waals surface area (Å²) in [5.41, 5.74) is 1.17. The molecule has 4 rings (SSSR count). The molecule has 2 aromatic heterocycles. The fourth-order valence-corrected chi connectivity index (χ4v) is 3.17. The van der Waals surface area contributed by atoms with Gasteiger partial charge < -0.3 is 10.6 Å². The molecule has 0 aromatic carbocycles. The molecule has 3 atom stereocenters. The highest BCUT2D eigenvalue weighted by molar-refractivity contribution is 5.93. The molecule has 6 nitrogen and oxygen atoms in total. The lowest BCUT2D eigenvalue weighted by molar-refractivity contribution is 0.0926. The Balaban J connectivity index is 1.53. The van der Waals surface area contributed by atoms with Crippen molar-refractivity contribution in [2.45, 2.75) is 37.4 Å².